The Morgan fingerprint density at radius 1 is 0.943 bits per heavy atom. The van der Waals surface area contributed by atoms with E-state index in [1.807, 2.05) is 98.3 Å². The van der Waals surface area contributed by atoms with Crippen molar-refractivity contribution in [3.05, 3.63) is 96.2 Å². The van der Waals surface area contributed by atoms with Crippen molar-refractivity contribution in [1.29, 1.82) is 0 Å². The van der Waals surface area contributed by atoms with E-state index in [4.69, 9.17) is 9.72 Å². The zero-order chi connectivity index (χ0) is 24.8. The van der Waals surface area contributed by atoms with Crippen molar-refractivity contribution in [3.63, 3.8) is 0 Å². The molecule has 1 atom stereocenters. The van der Waals surface area contributed by atoms with Crippen LogP contribution in [0.4, 0.5) is 0 Å². The van der Waals surface area contributed by atoms with Gasteiger partial charge in [-0.1, -0.05) is 86.1 Å². The van der Waals surface area contributed by atoms with Gasteiger partial charge in [0.25, 0.3) is 5.91 Å². The summed E-state index contributed by atoms with van der Waals surface area (Å²) in [5, 5.41) is 3.28. The fourth-order valence-corrected chi connectivity index (χ4v) is 4.32. The first-order chi connectivity index (χ1) is 17.0. The van der Waals surface area contributed by atoms with Gasteiger partial charge in [-0.2, -0.15) is 0 Å². The van der Waals surface area contributed by atoms with Gasteiger partial charge in [0.05, 0.1) is 12.1 Å². The average molecular weight is 468 g/mol. The van der Waals surface area contributed by atoms with Crippen LogP contribution in [-0.4, -0.2) is 21.6 Å². The van der Waals surface area contributed by atoms with Crippen LogP contribution in [0.5, 0.6) is 5.75 Å². The number of hydrogen-bond acceptors (Lipinski definition) is 3. The number of amides is 1. The second kappa shape index (κ2) is 11.0. The molecular weight excluding hydrogens is 434 g/mol. The summed E-state index contributed by atoms with van der Waals surface area (Å²) in [4.78, 5) is 18.8. The SMILES string of the molecule is CCCC(NC(=O)c1c(-c2cccc(OC(C)C)c2)nc(-c2ccccc2)n1C)c1ccccc1. The Labute approximate surface area is 207 Å². The van der Waals surface area contributed by atoms with Gasteiger partial charge in [-0.05, 0) is 38.0 Å². The van der Waals surface area contributed by atoms with E-state index >= 15 is 0 Å². The summed E-state index contributed by atoms with van der Waals surface area (Å²) in [5.74, 6) is 1.35. The van der Waals surface area contributed by atoms with E-state index in [2.05, 4.69) is 24.4 Å². The van der Waals surface area contributed by atoms with Gasteiger partial charge in [0.15, 0.2) is 0 Å². The van der Waals surface area contributed by atoms with Crippen molar-refractivity contribution in [3.8, 4) is 28.4 Å². The summed E-state index contributed by atoms with van der Waals surface area (Å²) in [5.41, 5.74) is 4.07. The summed E-state index contributed by atoms with van der Waals surface area (Å²) < 4.78 is 7.81. The lowest BCUT2D eigenvalue weighted by atomic mass is 10.0. The van der Waals surface area contributed by atoms with Crippen LogP contribution in [0.2, 0.25) is 0 Å². The van der Waals surface area contributed by atoms with Crippen molar-refractivity contribution >= 4 is 5.91 Å². The quantitative estimate of drug-likeness (QED) is 0.294. The number of hydrogen-bond donors (Lipinski definition) is 1. The number of imidazole rings is 1. The van der Waals surface area contributed by atoms with Crippen LogP contribution < -0.4 is 10.1 Å². The van der Waals surface area contributed by atoms with Crippen molar-refractivity contribution in [2.24, 2.45) is 7.05 Å². The van der Waals surface area contributed by atoms with E-state index in [1.54, 1.807) is 0 Å². The number of benzene rings is 3. The van der Waals surface area contributed by atoms with Crippen LogP contribution in [0.3, 0.4) is 0 Å². The number of nitrogens with zero attached hydrogens (tertiary/aromatic N) is 2. The van der Waals surface area contributed by atoms with Crippen molar-refractivity contribution in [1.82, 2.24) is 14.9 Å². The summed E-state index contributed by atoms with van der Waals surface area (Å²) in [6.07, 6.45) is 1.87. The molecular formula is C30H33N3O2. The van der Waals surface area contributed by atoms with Gasteiger partial charge in [0.1, 0.15) is 23.0 Å². The highest BCUT2D eigenvalue weighted by atomic mass is 16.5. The Kier molecular flexibility index (Phi) is 7.66. The highest BCUT2D eigenvalue weighted by Gasteiger charge is 2.25. The summed E-state index contributed by atoms with van der Waals surface area (Å²) in [7, 11) is 1.90. The second-order valence-corrected chi connectivity index (χ2v) is 8.98. The molecule has 3 aromatic carbocycles. The van der Waals surface area contributed by atoms with Crippen molar-refractivity contribution in [2.75, 3.05) is 0 Å². The average Bonchev–Trinajstić information content (AvgIpc) is 3.22. The molecule has 0 radical (unpaired) electrons. The second-order valence-electron chi connectivity index (χ2n) is 8.98. The molecule has 0 saturated heterocycles. The summed E-state index contributed by atoms with van der Waals surface area (Å²) in [6.45, 7) is 6.12. The van der Waals surface area contributed by atoms with Gasteiger partial charge < -0.3 is 14.6 Å². The normalized spacial score (nSPS) is 11.9. The third-order valence-electron chi connectivity index (χ3n) is 5.91. The fraction of sp³-hybridized carbons (Fsp3) is 0.267. The number of carbonyl (C=O) groups is 1. The van der Waals surface area contributed by atoms with E-state index < -0.39 is 0 Å². The third kappa shape index (κ3) is 5.62. The van der Waals surface area contributed by atoms with Gasteiger partial charge in [0, 0.05) is 18.2 Å². The minimum atomic E-state index is -0.144. The Hall–Kier alpha value is -3.86. The molecule has 4 aromatic rings. The monoisotopic (exact) mass is 467 g/mol. The third-order valence-corrected chi connectivity index (χ3v) is 5.91. The molecule has 0 aliphatic heterocycles. The van der Waals surface area contributed by atoms with Crippen LogP contribution in [0, 0.1) is 0 Å². The Balaban J connectivity index is 1.79. The molecule has 0 spiro atoms. The lowest BCUT2D eigenvalue weighted by molar-refractivity contribution is 0.0927. The van der Waals surface area contributed by atoms with E-state index in [9.17, 15) is 4.79 Å². The van der Waals surface area contributed by atoms with Gasteiger partial charge in [-0.25, -0.2) is 4.98 Å². The molecule has 0 aliphatic carbocycles. The maximum atomic E-state index is 13.8. The maximum absolute atomic E-state index is 13.8. The van der Waals surface area contributed by atoms with Crippen LogP contribution in [-0.2, 0) is 7.05 Å². The molecule has 4 rings (SSSR count). The first-order valence-electron chi connectivity index (χ1n) is 12.2. The molecule has 180 valence electrons. The van der Waals surface area contributed by atoms with Crippen molar-refractivity contribution in [2.45, 2.75) is 45.8 Å². The van der Waals surface area contributed by atoms with E-state index in [0.717, 1.165) is 41.1 Å². The van der Waals surface area contributed by atoms with Crippen molar-refractivity contribution < 1.29 is 9.53 Å². The zero-order valence-corrected chi connectivity index (χ0v) is 20.9. The highest BCUT2D eigenvalue weighted by Crippen LogP contribution is 2.31. The molecule has 1 heterocycles. The summed E-state index contributed by atoms with van der Waals surface area (Å²) in [6, 6.07) is 27.8. The lowest BCUT2D eigenvalue weighted by Gasteiger charge is -2.19. The predicted octanol–water partition coefficient (Wildman–Crippen LogP) is 6.81. The number of nitrogens with one attached hydrogen (secondary N) is 1. The number of carbonyl (C=O) groups excluding carboxylic acids is 1. The Bertz CT molecular complexity index is 1260. The van der Waals surface area contributed by atoms with Gasteiger partial charge in [-0.3, -0.25) is 4.79 Å². The first-order valence-corrected chi connectivity index (χ1v) is 12.2. The highest BCUT2D eigenvalue weighted by molar-refractivity contribution is 5.99. The van der Waals surface area contributed by atoms with Gasteiger partial charge in [-0.15, -0.1) is 0 Å². The zero-order valence-electron chi connectivity index (χ0n) is 20.9. The summed E-state index contributed by atoms with van der Waals surface area (Å²) >= 11 is 0. The Morgan fingerprint density at radius 3 is 2.26 bits per heavy atom. The van der Waals surface area contributed by atoms with E-state index in [1.165, 1.54) is 0 Å². The maximum Gasteiger partial charge on any atom is 0.270 e. The molecule has 5 heteroatoms. The number of rotatable bonds is 9. The first kappa shape index (κ1) is 24.3. The minimum Gasteiger partial charge on any atom is -0.491 e. The molecule has 1 unspecified atom stereocenters. The van der Waals surface area contributed by atoms with E-state index in [-0.39, 0.29) is 18.1 Å². The molecule has 35 heavy (non-hydrogen) atoms. The molecule has 0 fully saturated rings. The van der Waals surface area contributed by atoms with Gasteiger partial charge in [0.2, 0.25) is 0 Å². The van der Waals surface area contributed by atoms with Crippen LogP contribution in [0.1, 0.15) is 55.7 Å². The molecule has 0 aliphatic rings. The minimum absolute atomic E-state index is 0.0531. The Morgan fingerprint density at radius 2 is 1.60 bits per heavy atom. The van der Waals surface area contributed by atoms with Crippen LogP contribution in [0.15, 0.2) is 84.9 Å². The molecule has 0 saturated carbocycles. The molecule has 1 amide bonds. The van der Waals surface area contributed by atoms with E-state index in [0.29, 0.717) is 11.4 Å². The molecule has 1 N–H and O–H groups in total. The van der Waals surface area contributed by atoms with Crippen LogP contribution in [0.25, 0.3) is 22.6 Å². The molecule has 0 bridgehead atoms. The number of ether oxygens (including phenoxy) is 1. The standard InChI is InChI=1S/C30H33N3O2/c1-5-13-26(22-14-8-6-9-15-22)31-30(34)28-27(24-18-12-19-25(20-24)35-21(2)3)32-29(33(28)4)23-16-10-7-11-17-23/h6-12,14-21,26H,5,13H2,1-4H3,(H,31,34). The predicted molar refractivity (Wildman–Crippen MR) is 141 cm³/mol. The largest absolute Gasteiger partial charge is 0.491 e. The molecule has 1 aromatic heterocycles. The fourth-order valence-electron chi connectivity index (χ4n) is 4.32. The topological polar surface area (TPSA) is 56.1 Å². The van der Waals surface area contributed by atoms with Crippen LogP contribution >= 0.6 is 0 Å². The van der Waals surface area contributed by atoms with Gasteiger partial charge >= 0.3 is 0 Å². The smallest absolute Gasteiger partial charge is 0.270 e. The number of aromatic nitrogens is 2. The lowest BCUT2D eigenvalue weighted by Crippen LogP contribution is -2.30. The molecule has 5 nitrogen and oxygen atoms in total.